The number of ketones is 1. The number of aryl methyl sites for hydroxylation is 1. The van der Waals surface area contributed by atoms with Crippen LogP contribution in [0.4, 0.5) is 5.69 Å². The lowest BCUT2D eigenvalue weighted by molar-refractivity contribution is -0.124. The molecule has 2 rings (SSSR count). The third kappa shape index (κ3) is 2.32. The molecule has 1 amide bonds. The Morgan fingerprint density at radius 2 is 2.11 bits per heavy atom. The van der Waals surface area contributed by atoms with E-state index in [0.717, 1.165) is 0 Å². The quantitative estimate of drug-likeness (QED) is 0.786. The van der Waals surface area contributed by atoms with Crippen LogP contribution in [-0.2, 0) is 16.6 Å². The molecule has 0 saturated carbocycles. The van der Waals surface area contributed by atoms with Gasteiger partial charge in [0.1, 0.15) is 5.78 Å². The first kappa shape index (κ1) is 12.1. The van der Waals surface area contributed by atoms with Crippen LogP contribution in [0.15, 0.2) is 23.0 Å². The molecular weight excluding hydrogens is 234 g/mol. The Hall–Kier alpha value is -2.37. The predicted octanol–water partition coefficient (Wildman–Crippen LogP) is 0.784. The fourth-order valence-electron chi connectivity index (χ4n) is 1.73. The molecular formula is C12H13N3O3. The average molecular weight is 247 g/mol. The molecule has 6 nitrogen and oxygen atoms in total. The fraction of sp³-hybridized carbons (Fsp3) is 0.250. The van der Waals surface area contributed by atoms with Gasteiger partial charge in [-0.1, -0.05) is 0 Å². The van der Waals surface area contributed by atoms with Gasteiger partial charge in [-0.05, 0) is 25.1 Å². The Morgan fingerprint density at radius 3 is 2.78 bits per heavy atom. The third-order valence-corrected chi connectivity index (χ3v) is 2.60. The SMILES string of the molecule is CC(=O)CC(=O)Nc1ccc2[nH]c(=O)n(C)c2c1. The van der Waals surface area contributed by atoms with E-state index in [1.807, 2.05) is 0 Å². The number of nitrogens with one attached hydrogen (secondary N) is 2. The number of nitrogens with zero attached hydrogens (tertiary/aromatic N) is 1. The summed E-state index contributed by atoms with van der Waals surface area (Å²) >= 11 is 0. The van der Waals surface area contributed by atoms with Crippen molar-refractivity contribution >= 4 is 28.4 Å². The number of anilines is 1. The number of benzene rings is 1. The van der Waals surface area contributed by atoms with Gasteiger partial charge in [0.15, 0.2) is 0 Å². The van der Waals surface area contributed by atoms with Gasteiger partial charge in [-0.2, -0.15) is 0 Å². The molecule has 94 valence electrons. The number of fused-ring (bicyclic) bond motifs is 1. The lowest BCUT2D eigenvalue weighted by Gasteiger charge is -2.04. The number of hydrogen-bond acceptors (Lipinski definition) is 3. The Balaban J connectivity index is 2.30. The number of imidazole rings is 1. The molecule has 0 radical (unpaired) electrons. The first-order valence-corrected chi connectivity index (χ1v) is 5.45. The first-order valence-electron chi connectivity index (χ1n) is 5.45. The van der Waals surface area contributed by atoms with Gasteiger partial charge in [0.2, 0.25) is 5.91 Å². The average Bonchev–Trinajstić information content (AvgIpc) is 2.54. The Bertz CT molecular complexity index is 681. The third-order valence-electron chi connectivity index (χ3n) is 2.60. The summed E-state index contributed by atoms with van der Waals surface area (Å²) in [5.74, 6) is -0.551. The van der Waals surface area contributed by atoms with Crippen molar-refractivity contribution in [1.29, 1.82) is 0 Å². The van der Waals surface area contributed by atoms with E-state index >= 15 is 0 Å². The fourth-order valence-corrected chi connectivity index (χ4v) is 1.73. The number of carbonyl (C=O) groups excluding carboxylic acids is 2. The number of rotatable bonds is 3. The van der Waals surface area contributed by atoms with Crippen molar-refractivity contribution in [3.63, 3.8) is 0 Å². The van der Waals surface area contributed by atoms with Crippen LogP contribution >= 0.6 is 0 Å². The highest BCUT2D eigenvalue weighted by Crippen LogP contribution is 2.16. The van der Waals surface area contributed by atoms with Crippen molar-refractivity contribution < 1.29 is 9.59 Å². The van der Waals surface area contributed by atoms with Crippen LogP contribution in [0.25, 0.3) is 11.0 Å². The number of carbonyl (C=O) groups is 2. The van der Waals surface area contributed by atoms with Gasteiger partial charge in [0.05, 0.1) is 17.5 Å². The normalized spacial score (nSPS) is 10.6. The molecule has 1 aromatic carbocycles. The molecule has 0 aliphatic carbocycles. The molecule has 0 fully saturated rings. The number of aromatic amines is 1. The smallest absolute Gasteiger partial charge is 0.326 e. The minimum atomic E-state index is -0.359. The van der Waals surface area contributed by atoms with E-state index in [0.29, 0.717) is 16.7 Å². The van der Waals surface area contributed by atoms with E-state index in [9.17, 15) is 14.4 Å². The predicted molar refractivity (Wildman–Crippen MR) is 67.5 cm³/mol. The zero-order chi connectivity index (χ0) is 13.3. The molecule has 1 aromatic heterocycles. The summed E-state index contributed by atoms with van der Waals surface area (Å²) in [6.45, 7) is 1.36. The zero-order valence-corrected chi connectivity index (χ0v) is 10.1. The number of amides is 1. The number of hydrogen-bond donors (Lipinski definition) is 2. The molecule has 2 aromatic rings. The number of H-pyrrole nitrogens is 1. The molecule has 0 unspecified atom stereocenters. The molecule has 0 atom stereocenters. The van der Waals surface area contributed by atoms with Crippen molar-refractivity contribution in [2.24, 2.45) is 7.05 Å². The molecule has 0 aliphatic heterocycles. The molecule has 18 heavy (non-hydrogen) atoms. The maximum atomic E-state index is 11.4. The summed E-state index contributed by atoms with van der Waals surface area (Å²) < 4.78 is 1.45. The topological polar surface area (TPSA) is 84.0 Å². The van der Waals surface area contributed by atoms with Gasteiger partial charge in [-0.3, -0.25) is 14.2 Å². The van der Waals surface area contributed by atoms with E-state index in [1.165, 1.54) is 11.5 Å². The summed E-state index contributed by atoms with van der Waals surface area (Å²) in [5, 5.41) is 2.61. The summed E-state index contributed by atoms with van der Waals surface area (Å²) in [6.07, 6.45) is -0.149. The molecule has 2 N–H and O–H groups in total. The summed E-state index contributed by atoms with van der Waals surface area (Å²) in [4.78, 5) is 36.3. The minimum Gasteiger partial charge on any atom is -0.326 e. The standard InChI is InChI=1S/C12H13N3O3/c1-7(16)5-11(17)13-8-3-4-9-10(6-8)15(2)12(18)14-9/h3-4,6H,5H2,1-2H3,(H,13,17)(H,14,18). The van der Waals surface area contributed by atoms with E-state index in [4.69, 9.17) is 0 Å². The van der Waals surface area contributed by atoms with Crippen molar-refractivity contribution in [2.75, 3.05) is 5.32 Å². The Morgan fingerprint density at radius 1 is 1.39 bits per heavy atom. The van der Waals surface area contributed by atoms with Crippen LogP contribution < -0.4 is 11.0 Å². The van der Waals surface area contributed by atoms with Gasteiger partial charge in [-0.25, -0.2) is 4.79 Å². The molecule has 0 saturated heterocycles. The van der Waals surface area contributed by atoms with Crippen LogP contribution in [-0.4, -0.2) is 21.2 Å². The van der Waals surface area contributed by atoms with Gasteiger partial charge >= 0.3 is 5.69 Å². The lowest BCUT2D eigenvalue weighted by atomic mass is 10.2. The highest BCUT2D eigenvalue weighted by Gasteiger charge is 2.08. The van der Waals surface area contributed by atoms with Crippen LogP contribution in [0.1, 0.15) is 13.3 Å². The first-order chi connectivity index (χ1) is 8.47. The Kier molecular flexibility index (Phi) is 3.01. The highest BCUT2D eigenvalue weighted by atomic mass is 16.2. The van der Waals surface area contributed by atoms with Gasteiger partial charge in [0, 0.05) is 12.7 Å². The van der Waals surface area contributed by atoms with E-state index in [-0.39, 0.29) is 23.8 Å². The van der Waals surface area contributed by atoms with Crippen molar-refractivity contribution in [3.05, 3.63) is 28.7 Å². The van der Waals surface area contributed by atoms with Crippen molar-refractivity contribution in [2.45, 2.75) is 13.3 Å². The van der Waals surface area contributed by atoms with E-state index in [2.05, 4.69) is 10.3 Å². The van der Waals surface area contributed by atoms with Crippen molar-refractivity contribution in [3.8, 4) is 0 Å². The molecule has 0 bridgehead atoms. The number of Topliss-reactive ketones (excluding diaryl/α,β-unsaturated/α-hetero) is 1. The Labute approximate surface area is 103 Å². The summed E-state index contributed by atoms with van der Waals surface area (Å²) in [5.41, 5.74) is 1.74. The maximum Gasteiger partial charge on any atom is 0.326 e. The van der Waals surface area contributed by atoms with Gasteiger partial charge < -0.3 is 10.3 Å². The maximum absolute atomic E-state index is 11.4. The second-order valence-electron chi connectivity index (χ2n) is 4.15. The minimum absolute atomic E-state index is 0.149. The van der Waals surface area contributed by atoms with Gasteiger partial charge in [-0.15, -0.1) is 0 Å². The van der Waals surface area contributed by atoms with Crippen LogP contribution in [0, 0.1) is 0 Å². The molecule has 0 spiro atoms. The van der Waals surface area contributed by atoms with Gasteiger partial charge in [0.25, 0.3) is 0 Å². The van der Waals surface area contributed by atoms with Crippen molar-refractivity contribution in [1.82, 2.24) is 9.55 Å². The van der Waals surface area contributed by atoms with Crippen LogP contribution in [0.5, 0.6) is 0 Å². The summed E-state index contributed by atoms with van der Waals surface area (Å²) in [7, 11) is 1.64. The lowest BCUT2D eigenvalue weighted by Crippen LogP contribution is -2.15. The van der Waals surface area contributed by atoms with E-state index in [1.54, 1.807) is 25.2 Å². The molecule has 1 heterocycles. The molecule has 0 aliphatic rings. The highest BCUT2D eigenvalue weighted by molar-refractivity contribution is 6.04. The van der Waals surface area contributed by atoms with Crippen LogP contribution in [0.3, 0.4) is 0 Å². The number of aromatic nitrogens is 2. The van der Waals surface area contributed by atoms with Crippen LogP contribution in [0.2, 0.25) is 0 Å². The second kappa shape index (κ2) is 4.48. The zero-order valence-electron chi connectivity index (χ0n) is 10.1. The van der Waals surface area contributed by atoms with E-state index < -0.39 is 0 Å². The summed E-state index contributed by atoms with van der Waals surface area (Å²) in [6, 6.07) is 5.07. The largest absolute Gasteiger partial charge is 0.326 e. The monoisotopic (exact) mass is 247 g/mol. The second-order valence-corrected chi connectivity index (χ2v) is 4.15. The molecule has 6 heteroatoms.